The zero-order chi connectivity index (χ0) is 11.7. The molecule has 2 aliphatic heterocycles. The zero-order valence-electron chi connectivity index (χ0n) is 9.93. The Balaban J connectivity index is 1.75. The maximum atomic E-state index is 11.3. The van der Waals surface area contributed by atoms with Crippen molar-refractivity contribution < 1.29 is 0 Å². The quantitative estimate of drug-likeness (QED) is 0.766. The van der Waals surface area contributed by atoms with E-state index in [0.717, 1.165) is 25.5 Å². The van der Waals surface area contributed by atoms with E-state index in [1.165, 1.54) is 32.1 Å². The number of hydrogen-bond acceptors (Lipinski definition) is 4. The molecule has 3 rings (SSSR count). The molecule has 0 spiro atoms. The SMILES string of the molecule is O=c1cc(N2CCN3CCCCC3C2)nc[nH]1. The van der Waals surface area contributed by atoms with E-state index in [4.69, 9.17) is 0 Å². The average Bonchev–Trinajstić information content (AvgIpc) is 2.38. The standard InChI is InChI=1S/C12H18N4O/c17-12-7-11(13-9-14-12)16-6-5-15-4-2-1-3-10(15)8-16/h7,9-10H,1-6,8H2,(H,13,14,17). The van der Waals surface area contributed by atoms with Gasteiger partial charge in [0, 0.05) is 31.7 Å². The fourth-order valence-electron chi connectivity index (χ4n) is 2.90. The van der Waals surface area contributed by atoms with Crippen LogP contribution in [0, 0.1) is 0 Å². The Morgan fingerprint density at radius 3 is 3.12 bits per heavy atom. The molecule has 1 N–H and O–H groups in total. The van der Waals surface area contributed by atoms with E-state index in [9.17, 15) is 4.79 Å². The van der Waals surface area contributed by atoms with Gasteiger partial charge in [0.1, 0.15) is 5.82 Å². The lowest BCUT2D eigenvalue weighted by Gasteiger charge is -2.44. The van der Waals surface area contributed by atoms with Gasteiger partial charge in [-0.2, -0.15) is 0 Å². The molecule has 1 atom stereocenters. The number of H-pyrrole nitrogens is 1. The lowest BCUT2D eigenvalue weighted by atomic mass is 9.99. The first-order valence-corrected chi connectivity index (χ1v) is 6.37. The Labute approximate surface area is 100 Å². The first-order valence-electron chi connectivity index (χ1n) is 6.37. The third-order valence-corrected chi connectivity index (χ3v) is 3.83. The lowest BCUT2D eigenvalue weighted by molar-refractivity contribution is 0.133. The summed E-state index contributed by atoms with van der Waals surface area (Å²) in [5.74, 6) is 0.818. The Hall–Kier alpha value is -1.36. The lowest BCUT2D eigenvalue weighted by Crippen LogP contribution is -2.55. The predicted molar refractivity (Wildman–Crippen MR) is 66.3 cm³/mol. The fourth-order valence-corrected chi connectivity index (χ4v) is 2.90. The van der Waals surface area contributed by atoms with Gasteiger partial charge in [0.15, 0.2) is 0 Å². The topological polar surface area (TPSA) is 52.2 Å². The summed E-state index contributed by atoms with van der Waals surface area (Å²) in [5.41, 5.74) is -0.0685. The molecule has 0 aromatic carbocycles. The van der Waals surface area contributed by atoms with Gasteiger partial charge in [-0.3, -0.25) is 9.69 Å². The predicted octanol–water partition coefficient (Wildman–Crippen LogP) is 0.444. The molecule has 5 nitrogen and oxygen atoms in total. The molecular weight excluding hydrogens is 216 g/mol. The largest absolute Gasteiger partial charge is 0.354 e. The van der Waals surface area contributed by atoms with Gasteiger partial charge in [-0.25, -0.2) is 4.98 Å². The van der Waals surface area contributed by atoms with E-state index in [0.29, 0.717) is 6.04 Å². The van der Waals surface area contributed by atoms with Crippen LogP contribution >= 0.6 is 0 Å². The zero-order valence-corrected chi connectivity index (χ0v) is 9.93. The number of hydrogen-bond donors (Lipinski definition) is 1. The number of piperidine rings is 1. The normalized spacial score (nSPS) is 25.6. The highest BCUT2D eigenvalue weighted by Crippen LogP contribution is 2.23. The molecule has 0 bridgehead atoms. The van der Waals surface area contributed by atoms with Crippen molar-refractivity contribution in [1.29, 1.82) is 0 Å². The fraction of sp³-hybridized carbons (Fsp3) is 0.667. The Morgan fingerprint density at radius 1 is 1.29 bits per heavy atom. The van der Waals surface area contributed by atoms with Crippen molar-refractivity contribution >= 4 is 5.82 Å². The molecule has 3 heterocycles. The summed E-state index contributed by atoms with van der Waals surface area (Å²) < 4.78 is 0. The van der Waals surface area contributed by atoms with Crippen LogP contribution in [0.25, 0.3) is 0 Å². The van der Waals surface area contributed by atoms with Crippen LogP contribution in [0.3, 0.4) is 0 Å². The van der Waals surface area contributed by atoms with Crippen LogP contribution in [0.1, 0.15) is 19.3 Å². The number of aromatic amines is 1. The molecule has 1 aromatic rings. The van der Waals surface area contributed by atoms with Crippen molar-refractivity contribution in [2.75, 3.05) is 31.1 Å². The smallest absolute Gasteiger partial charge is 0.252 e. The molecular formula is C12H18N4O. The summed E-state index contributed by atoms with van der Waals surface area (Å²) in [5, 5.41) is 0. The van der Waals surface area contributed by atoms with Crippen LogP contribution in [0.4, 0.5) is 5.82 Å². The van der Waals surface area contributed by atoms with Gasteiger partial charge >= 0.3 is 0 Å². The molecule has 2 fully saturated rings. The summed E-state index contributed by atoms with van der Waals surface area (Å²) in [4.78, 5) is 22.9. The van der Waals surface area contributed by atoms with E-state index in [1.54, 1.807) is 6.07 Å². The van der Waals surface area contributed by atoms with Crippen molar-refractivity contribution in [2.45, 2.75) is 25.3 Å². The van der Waals surface area contributed by atoms with Crippen LogP contribution in [0.15, 0.2) is 17.2 Å². The number of fused-ring (bicyclic) bond motifs is 1. The van der Waals surface area contributed by atoms with Gasteiger partial charge in [0.2, 0.25) is 0 Å². The molecule has 0 aliphatic carbocycles. The number of nitrogens with zero attached hydrogens (tertiary/aromatic N) is 3. The molecule has 0 radical (unpaired) electrons. The van der Waals surface area contributed by atoms with Crippen molar-refractivity contribution in [3.8, 4) is 0 Å². The molecule has 17 heavy (non-hydrogen) atoms. The summed E-state index contributed by atoms with van der Waals surface area (Å²) in [6, 6.07) is 2.25. The summed E-state index contributed by atoms with van der Waals surface area (Å²) in [6.07, 6.45) is 5.43. The highest BCUT2D eigenvalue weighted by Gasteiger charge is 2.29. The maximum Gasteiger partial charge on any atom is 0.252 e. The second kappa shape index (κ2) is 4.49. The third-order valence-electron chi connectivity index (χ3n) is 3.83. The van der Waals surface area contributed by atoms with Gasteiger partial charge in [0.25, 0.3) is 5.56 Å². The van der Waals surface area contributed by atoms with Crippen LogP contribution in [0.2, 0.25) is 0 Å². The number of nitrogens with one attached hydrogen (secondary N) is 1. The van der Waals surface area contributed by atoms with E-state index in [-0.39, 0.29) is 5.56 Å². The number of aromatic nitrogens is 2. The molecule has 0 amide bonds. The number of rotatable bonds is 1. The van der Waals surface area contributed by atoms with Gasteiger partial charge in [0.05, 0.1) is 6.33 Å². The van der Waals surface area contributed by atoms with Gasteiger partial charge in [-0.15, -0.1) is 0 Å². The first kappa shape index (κ1) is 10.8. The summed E-state index contributed by atoms with van der Waals surface area (Å²) in [6.45, 7) is 4.32. The highest BCUT2D eigenvalue weighted by molar-refractivity contribution is 5.37. The van der Waals surface area contributed by atoms with Crippen LogP contribution in [0.5, 0.6) is 0 Å². The molecule has 2 saturated heterocycles. The Morgan fingerprint density at radius 2 is 2.24 bits per heavy atom. The third kappa shape index (κ3) is 2.20. The highest BCUT2D eigenvalue weighted by atomic mass is 16.1. The number of anilines is 1. The molecule has 1 aromatic heterocycles. The average molecular weight is 234 g/mol. The molecule has 1 unspecified atom stereocenters. The minimum Gasteiger partial charge on any atom is -0.354 e. The van der Waals surface area contributed by atoms with Crippen LogP contribution in [-0.2, 0) is 0 Å². The molecule has 5 heteroatoms. The Kier molecular flexibility index (Phi) is 2.84. The van der Waals surface area contributed by atoms with Crippen molar-refractivity contribution in [1.82, 2.24) is 14.9 Å². The second-order valence-corrected chi connectivity index (χ2v) is 4.90. The van der Waals surface area contributed by atoms with E-state index in [1.807, 2.05) is 0 Å². The van der Waals surface area contributed by atoms with Crippen LogP contribution in [-0.4, -0.2) is 47.1 Å². The molecule has 0 saturated carbocycles. The minimum atomic E-state index is -0.0685. The Bertz CT molecular complexity index is 444. The van der Waals surface area contributed by atoms with Gasteiger partial charge in [-0.05, 0) is 19.4 Å². The van der Waals surface area contributed by atoms with Gasteiger partial charge < -0.3 is 9.88 Å². The van der Waals surface area contributed by atoms with E-state index in [2.05, 4.69) is 19.8 Å². The number of piperazine rings is 1. The molecule has 92 valence electrons. The van der Waals surface area contributed by atoms with Crippen molar-refractivity contribution in [3.63, 3.8) is 0 Å². The van der Waals surface area contributed by atoms with Crippen LogP contribution < -0.4 is 10.5 Å². The van der Waals surface area contributed by atoms with Crippen molar-refractivity contribution in [3.05, 3.63) is 22.7 Å². The molecule has 2 aliphatic rings. The van der Waals surface area contributed by atoms with E-state index >= 15 is 0 Å². The minimum absolute atomic E-state index is 0.0685. The summed E-state index contributed by atoms with van der Waals surface area (Å²) >= 11 is 0. The second-order valence-electron chi connectivity index (χ2n) is 4.90. The summed E-state index contributed by atoms with van der Waals surface area (Å²) in [7, 11) is 0. The first-order chi connectivity index (χ1) is 8.33. The maximum absolute atomic E-state index is 11.3. The monoisotopic (exact) mass is 234 g/mol. The van der Waals surface area contributed by atoms with E-state index < -0.39 is 0 Å². The van der Waals surface area contributed by atoms with Crippen molar-refractivity contribution in [2.24, 2.45) is 0 Å². The van der Waals surface area contributed by atoms with Gasteiger partial charge in [-0.1, -0.05) is 6.42 Å².